The van der Waals surface area contributed by atoms with Crippen molar-refractivity contribution in [3.8, 4) is 0 Å². The molecule has 0 bridgehead atoms. The molecule has 1 saturated carbocycles. The maximum Gasteiger partial charge on any atom is 0.0196 e. The lowest BCUT2D eigenvalue weighted by molar-refractivity contribution is 0.198. The Morgan fingerprint density at radius 1 is 1.38 bits per heavy atom. The van der Waals surface area contributed by atoms with Crippen LogP contribution in [0.15, 0.2) is 0 Å². The zero-order chi connectivity index (χ0) is 11.5. The molecule has 2 unspecified atom stereocenters. The molecule has 2 atom stereocenters. The molecule has 0 radical (unpaired) electrons. The molecular formula is C13H27N3. The number of hydrogen-bond donors (Lipinski definition) is 1. The highest BCUT2D eigenvalue weighted by atomic mass is 15.2. The predicted octanol–water partition coefficient (Wildman–Crippen LogP) is 1.15. The number of piperidine rings is 1. The lowest BCUT2D eigenvalue weighted by Crippen LogP contribution is -2.48. The molecule has 0 spiro atoms. The summed E-state index contributed by atoms with van der Waals surface area (Å²) in [7, 11) is 4.50. The molecule has 3 heteroatoms. The second-order valence-electron chi connectivity index (χ2n) is 5.76. The van der Waals surface area contributed by atoms with Gasteiger partial charge in [0.2, 0.25) is 0 Å². The van der Waals surface area contributed by atoms with Crippen LogP contribution < -0.4 is 5.32 Å². The number of likely N-dealkylation sites (tertiary alicyclic amines) is 1. The topological polar surface area (TPSA) is 18.5 Å². The Morgan fingerprint density at radius 3 is 2.75 bits per heavy atom. The van der Waals surface area contributed by atoms with Crippen LogP contribution in [0, 0.1) is 0 Å². The molecule has 2 rings (SSSR count). The Balaban J connectivity index is 1.65. The minimum Gasteiger partial charge on any atom is -0.311 e. The van der Waals surface area contributed by atoms with E-state index in [1.165, 1.54) is 38.8 Å². The molecule has 16 heavy (non-hydrogen) atoms. The first-order valence-electron chi connectivity index (χ1n) is 6.80. The molecule has 0 aromatic carbocycles. The molecule has 1 N–H and O–H groups in total. The third-order valence-corrected chi connectivity index (χ3v) is 4.14. The van der Waals surface area contributed by atoms with Gasteiger partial charge in [0.15, 0.2) is 0 Å². The largest absolute Gasteiger partial charge is 0.311 e. The van der Waals surface area contributed by atoms with Gasteiger partial charge in [0, 0.05) is 31.2 Å². The minimum atomic E-state index is 0.680. The maximum atomic E-state index is 3.73. The maximum absolute atomic E-state index is 3.73. The Labute approximate surface area is 100 Å². The van der Waals surface area contributed by atoms with Gasteiger partial charge in [-0.15, -0.1) is 0 Å². The monoisotopic (exact) mass is 225 g/mol. The lowest BCUT2D eigenvalue weighted by atomic mass is 10.1. The SMILES string of the molecule is CC(CNC1CCCN(C)C1)N(C)C1CC1. The highest BCUT2D eigenvalue weighted by molar-refractivity contribution is 4.86. The number of nitrogens with zero attached hydrogens (tertiary/aromatic N) is 2. The average Bonchev–Trinajstić information content (AvgIpc) is 3.09. The van der Waals surface area contributed by atoms with E-state index in [1.54, 1.807) is 0 Å². The second-order valence-corrected chi connectivity index (χ2v) is 5.76. The average molecular weight is 225 g/mol. The van der Waals surface area contributed by atoms with Gasteiger partial charge in [-0.1, -0.05) is 0 Å². The van der Waals surface area contributed by atoms with Gasteiger partial charge >= 0.3 is 0 Å². The van der Waals surface area contributed by atoms with Crippen molar-refractivity contribution < 1.29 is 0 Å². The quantitative estimate of drug-likeness (QED) is 0.757. The Morgan fingerprint density at radius 2 is 2.12 bits per heavy atom. The fourth-order valence-electron chi connectivity index (χ4n) is 2.66. The summed E-state index contributed by atoms with van der Waals surface area (Å²) in [5.74, 6) is 0. The molecule has 1 saturated heterocycles. The van der Waals surface area contributed by atoms with E-state index in [9.17, 15) is 0 Å². The van der Waals surface area contributed by atoms with Crippen LogP contribution in [0.25, 0.3) is 0 Å². The van der Waals surface area contributed by atoms with E-state index in [-0.39, 0.29) is 0 Å². The predicted molar refractivity (Wildman–Crippen MR) is 68.8 cm³/mol. The third kappa shape index (κ3) is 3.44. The third-order valence-electron chi connectivity index (χ3n) is 4.14. The summed E-state index contributed by atoms with van der Waals surface area (Å²) in [4.78, 5) is 4.98. The van der Waals surface area contributed by atoms with Crippen LogP contribution in [0.2, 0.25) is 0 Å². The summed E-state index contributed by atoms with van der Waals surface area (Å²) in [6, 6.07) is 2.28. The van der Waals surface area contributed by atoms with Crippen LogP contribution in [0.3, 0.4) is 0 Å². The van der Waals surface area contributed by atoms with Crippen molar-refractivity contribution in [3.05, 3.63) is 0 Å². The van der Waals surface area contributed by atoms with E-state index in [0.29, 0.717) is 12.1 Å². The Kier molecular flexibility index (Phi) is 4.22. The van der Waals surface area contributed by atoms with Crippen LogP contribution in [-0.2, 0) is 0 Å². The zero-order valence-corrected chi connectivity index (χ0v) is 11.1. The summed E-state index contributed by atoms with van der Waals surface area (Å²) in [5.41, 5.74) is 0. The van der Waals surface area contributed by atoms with Crippen molar-refractivity contribution in [2.24, 2.45) is 0 Å². The van der Waals surface area contributed by atoms with Crippen LogP contribution in [0.4, 0.5) is 0 Å². The van der Waals surface area contributed by atoms with Crippen LogP contribution in [-0.4, -0.2) is 61.7 Å². The molecule has 1 aliphatic carbocycles. The zero-order valence-electron chi connectivity index (χ0n) is 11.1. The molecule has 1 aliphatic heterocycles. The first-order valence-corrected chi connectivity index (χ1v) is 6.80. The first-order chi connectivity index (χ1) is 7.66. The highest BCUT2D eigenvalue weighted by Crippen LogP contribution is 2.26. The van der Waals surface area contributed by atoms with Gasteiger partial charge in [-0.3, -0.25) is 4.90 Å². The first kappa shape index (κ1) is 12.3. The number of likely N-dealkylation sites (N-methyl/N-ethyl adjacent to an activating group) is 2. The number of nitrogens with one attached hydrogen (secondary N) is 1. The minimum absolute atomic E-state index is 0.680. The number of rotatable bonds is 5. The van der Waals surface area contributed by atoms with Crippen molar-refractivity contribution in [2.75, 3.05) is 33.7 Å². The molecule has 0 amide bonds. The van der Waals surface area contributed by atoms with Gasteiger partial charge in [-0.25, -0.2) is 0 Å². The normalized spacial score (nSPS) is 29.6. The van der Waals surface area contributed by atoms with E-state index < -0.39 is 0 Å². The summed E-state index contributed by atoms with van der Waals surface area (Å²) in [5, 5.41) is 3.73. The van der Waals surface area contributed by atoms with Crippen LogP contribution in [0.1, 0.15) is 32.6 Å². The fourth-order valence-corrected chi connectivity index (χ4v) is 2.66. The molecule has 3 nitrogen and oxygen atoms in total. The van der Waals surface area contributed by atoms with Crippen LogP contribution >= 0.6 is 0 Å². The van der Waals surface area contributed by atoms with E-state index >= 15 is 0 Å². The van der Waals surface area contributed by atoms with Gasteiger partial charge in [0.25, 0.3) is 0 Å². The number of hydrogen-bond acceptors (Lipinski definition) is 3. The summed E-state index contributed by atoms with van der Waals surface area (Å²) in [6.45, 7) is 5.99. The summed E-state index contributed by atoms with van der Waals surface area (Å²) in [6.07, 6.45) is 5.52. The van der Waals surface area contributed by atoms with E-state index in [1.807, 2.05) is 0 Å². The van der Waals surface area contributed by atoms with E-state index in [2.05, 4.69) is 36.1 Å². The van der Waals surface area contributed by atoms with Crippen molar-refractivity contribution >= 4 is 0 Å². The summed E-state index contributed by atoms with van der Waals surface area (Å²) < 4.78 is 0. The summed E-state index contributed by atoms with van der Waals surface area (Å²) >= 11 is 0. The van der Waals surface area contributed by atoms with Gasteiger partial charge in [-0.05, 0) is 53.2 Å². The van der Waals surface area contributed by atoms with E-state index in [0.717, 1.165) is 12.6 Å². The second kappa shape index (κ2) is 5.48. The molecule has 0 aromatic rings. The van der Waals surface area contributed by atoms with Crippen molar-refractivity contribution in [1.29, 1.82) is 0 Å². The Bertz CT molecular complexity index is 213. The van der Waals surface area contributed by atoms with Gasteiger partial charge in [0.1, 0.15) is 0 Å². The molecule has 94 valence electrons. The molecular weight excluding hydrogens is 198 g/mol. The van der Waals surface area contributed by atoms with Crippen molar-refractivity contribution in [2.45, 2.75) is 50.7 Å². The molecule has 0 aromatic heterocycles. The smallest absolute Gasteiger partial charge is 0.0196 e. The standard InChI is InChI=1S/C13H27N3/c1-11(16(3)13-6-7-13)9-14-12-5-4-8-15(2)10-12/h11-14H,4-10H2,1-3H3. The van der Waals surface area contributed by atoms with Crippen molar-refractivity contribution in [3.63, 3.8) is 0 Å². The lowest BCUT2D eigenvalue weighted by Gasteiger charge is -2.32. The Hall–Kier alpha value is -0.120. The van der Waals surface area contributed by atoms with Crippen molar-refractivity contribution in [1.82, 2.24) is 15.1 Å². The van der Waals surface area contributed by atoms with Gasteiger partial charge in [-0.2, -0.15) is 0 Å². The van der Waals surface area contributed by atoms with Gasteiger partial charge in [0.05, 0.1) is 0 Å². The van der Waals surface area contributed by atoms with E-state index in [4.69, 9.17) is 0 Å². The van der Waals surface area contributed by atoms with Crippen LogP contribution in [0.5, 0.6) is 0 Å². The molecule has 2 fully saturated rings. The highest BCUT2D eigenvalue weighted by Gasteiger charge is 2.29. The molecule has 1 heterocycles. The van der Waals surface area contributed by atoms with Gasteiger partial charge < -0.3 is 10.2 Å². The fraction of sp³-hybridized carbons (Fsp3) is 1.00. The molecule has 2 aliphatic rings.